The molecular weight excluding hydrogens is 332 g/mol. The fourth-order valence-electron chi connectivity index (χ4n) is 3.86. The summed E-state index contributed by atoms with van der Waals surface area (Å²) in [5, 5.41) is 0. The lowest BCUT2D eigenvalue weighted by Gasteiger charge is -2.36. The predicted molar refractivity (Wildman–Crippen MR) is 113 cm³/mol. The minimum Gasteiger partial charge on any atom is -0.309 e. The van der Waals surface area contributed by atoms with E-state index in [1.807, 2.05) is 42.6 Å². The van der Waals surface area contributed by atoms with E-state index in [0.717, 1.165) is 49.9 Å². The highest BCUT2D eigenvalue weighted by Crippen LogP contribution is 2.39. The molecular formula is C24H34N2O. The standard InChI is InChI=1S/C24H34N2O/c1-5-7-13-20(6-2)23(27)24(17-19-26(3)4,21-14-9-8-10-15-21)22-16-11-12-18-25-22/h8-12,14-16,18,20H,5-7,13,17,19H2,1-4H3/t20-,24-/m1/s1. The van der Waals surface area contributed by atoms with Gasteiger partial charge in [-0.1, -0.05) is 63.1 Å². The van der Waals surface area contributed by atoms with Crippen molar-refractivity contribution >= 4 is 5.78 Å². The average molecular weight is 367 g/mol. The van der Waals surface area contributed by atoms with E-state index in [-0.39, 0.29) is 5.92 Å². The number of hydrogen-bond donors (Lipinski definition) is 0. The first-order chi connectivity index (χ1) is 13.1. The fraction of sp³-hybridized carbons (Fsp3) is 0.500. The Bertz CT molecular complexity index is 643. The monoisotopic (exact) mass is 366 g/mol. The number of aromatic nitrogens is 1. The van der Waals surface area contributed by atoms with Crippen molar-refractivity contribution < 1.29 is 4.79 Å². The summed E-state index contributed by atoms with van der Waals surface area (Å²) in [7, 11) is 4.13. The van der Waals surface area contributed by atoms with Crippen molar-refractivity contribution in [1.82, 2.24) is 9.88 Å². The van der Waals surface area contributed by atoms with Gasteiger partial charge in [0.15, 0.2) is 5.78 Å². The summed E-state index contributed by atoms with van der Waals surface area (Å²) in [6, 6.07) is 16.2. The zero-order valence-electron chi connectivity index (χ0n) is 17.3. The van der Waals surface area contributed by atoms with E-state index in [4.69, 9.17) is 0 Å². The Hall–Kier alpha value is -2.00. The van der Waals surface area contributed by atoms with Crippen LogP contribution in [0.2, 0.25) is 0 Å². The molecule has 1 aromatic heterocycles. The highest BCUT2D eigenvalue weighted by molar-refractivity contribution is 5.95. The van der Waals surface area contributed by atoms with Crippen LogP contribution in [0.25, 0.3) is 0 Å². The maximum atomic E-state index is 14.1. The molecule has 146 valence electrons. The number of unbranched alkanes of at least 4 members (excludes halogenated alkanes) is 1. The van der Waals surface area contributed by atoms with Gasteiger partial charge < -0.3 is 4.90 Å². The van der Waals surface area contributed by atoms with E-state index < -0.39 is 5.41 Å². The van der Waals surface area contributed by atoms with E-state index in [1.165, 1.54) is 0 Å². The summed E-state index contributed by atoms with van der Waals surface area (Å²) >= 11 is 0. The molecule has 2 atom stereocenters. The van der Waals surface area contributed by atoms with Crippen LogP contribution in [0.4, 0.5) is 0 Å². The van der Waals surface area contributed by atoms with Gasteiger partial charge in [-0.2, -0.15) is 0 Å². The van der Waals surface area contributed by atoms with Crippen molar-refractivity contribution in [2.75, 3.05) is 20.6 Å². The van der Waals surface area contributed by atoms with Crippen molar-refractivity contribution in [2.24, 2.45) is 5.92 Å². The minimum absolute atomic E-state index is 0.0642. The first kappa shape index (κ1) is 21.3. The highest BCUT2D eigenvalue weighted by atomic mass is 16.1. The maximum Gasteiger partial charge on any atom is 0.152 e. The van der Waals surface area contributed by atoms with Crippen molar-refractivity contribution in [3.8, 4) is 0 Å². The molecule has 0 saturated heterocycles. The van der Waals surface area contributed by atoms with Gasteiger partial charge in [-0.15, -0.1) is 0 Å². The minimum atomic E-state index is -0.693. The molecule has 0 bridgehead atoms. The fourth-order valence-corrected chi connectivity index (χ4v) is 3.86. The quantitative estimate of drug-likeness (QED) is 0.554. The lowest BCUT2D eigenvalue weighted by Crippen LogP contribution is -2.44. The Balaban J connectivity index is 2.61. The van der Waals surface area contributed by atoms with Gasteiger partial charge in [-0.05, 0) is 57.6 Å². The summed E-state index contributed by atoms with van der Waals surface area (Å²) < 4.78 is 0. The number of Topliss-reactive ketones (excluding diaryl/α,β-unsaturated/α-hetero) is 1. The van der Waals surface area contributed by atoms with Crippen LogP contribution in [0.3, 0.4) is 0 Å². The zero-order chi connectivity index (χ0) is 19.7. The van der Waals surface area contributed by atoms with Crippen LogP contribution in [0.5, 0.6) is 0 Å². The summed E-state index contributed by atoms with van der Waals surface area (Å²) in [6.45, 7) is 5.16. The molecule has 27 heavy (non-hydrogen) atoms. The van der Waals surface area contributed by atoms with Gasteiger partial charge in [0.1, 0.15) is 0 Å². The highest BCUT2D eigenvalue weighted by Gasteiger charge is 2.45. The van der Waals surface area contributed by atoms with Gasteiger partial charge >= 0.3 is 0 Å². The Labute approximate surface area is 164 Å². The molecule has 0 fully saturated rings. The van der Waals surface area contributed by atoms with Crippen LogP contribution >= 0.6 is 0 Å². The molecule has 0 radical (unpaired) electrons. The van der Waals surface area contributed by atoms with Crippen LogP contribution in [-0.4, -0.2) is 36.3 Å². The molecule has 1 aromatic carbocycles. The van der Waals surface area contributed by atoms with E-state index in [2.05, 4.69) is 50.0 Å². The zero-order valence-corrected chi connectivity index (χ0v) is 17.3. The summed E-state index contributed by atoms with van der Waals surface area (Å²) in [4.78, 5) is 20.9. The number of pyridine rings is 1. The molecule has 0 aliphatic carbocycles. The molecule has 3 heteroatoms. The van der Waals surface area contributed by atoms with E-state index >= 15 is 0 Å². The Morgan fingerprint density at radius 2 is 1.78 bits per heavy atom. The third-order valence-corrected chi connectivity index (χ3v) is 5.49. The summed E-state index contributed by atoms with van der Waals surface area (Å²) in [5.74, 6) is 0.388. The number of rotatable bonds is 11. The topological polar surface area (TPSA) is 33.2 Å². The van der Waals surface area contributed by atoms with Crippen molar-refractivity contribution in [2.45, 2.75) is 51.4 Å². The predicted octanol–water partition coefficient (Wildman–Crippen LogP) is 5.10. The third-order valence-electron chi connectivity index (χ3n) is 5.49. The molecule has 1 heterocycles. The lowest BCUT2D eigenvalue weighted by atomic mass is 9.66. The molecule has 0 spiro atoms. The molecule has 0 aliphatic rings. The van der Waals surface area contributed by atoms with Crippen LogP contribution in [0.15, 0.2) is 54.7 Å². The normalized spacial score (nSPS) is 14.7. The number of hydrogen-bond acceptors (Lipinski definition) is 3. The van der Waals surface area contributed by atoms with Gasteiger partial charge in [0.2, 0.25) is 0 Å². The molecule has 2 rings (SSSR count). The summed E-state index contributed by atoms with van der Waals surface area (Å²) in [6.07, 6.45) is 6.58. The van der Waals surface area contributed by atoms with Gasteiger partial charge in [0.05, 0.1) is 11.1 Å². The van der Waals surface area contributed by atoms with Crippen LogP contribution in [0.1, 0.15) is 57.2 Å². The third kappa shape index (κ3) is 5.04. The van der Waals surface area contributed by atoms with Crippen molar-refractivity contribution in [3.05, 3.63) is 66.0 Å². The smallest absolute Gasteiger partial charge is 0.152 e. The van der Waals surface area contributed by atoms with E-state index in [1.54, 1.807) is 0 Å². The van der Waals surface area contributed by atoms with E-state index in [0.29, 0.717) is 5.78 Å². The van der Waals surface area contributed by atoms with Crippen LogP contribution in [0, 0.1) is 5.92 Å². The van der Waals surface area contributed by atoms with E-state index in [9.17, 15) is 4.79 Å². The second kappa shape index (κ2) is 10.4. The number of carbonyl (C=O) groups excluding carboxylic acids is 1. The molecule has 0 amide bonds. The molecule has 0 saturated carbocycles. The second-order valence-electron chi connectivity index (χ2n) is 7.65. The summed E-state index contributed by atoms with van der Waals surface area (Å²) in [5.41, 5.74) is 1.24. The second-order valence-corrected chi connectivity index (χ2v) is 7.65. The molecule has 0 unspecified atom stereocenters. The Kier molecular flexibility index (Phi) is 8.18. The van der Waals surface area contributed by atoms with Gasteiger partial charge in [-0.25, -0.2) is 0 Å². The number of carbonyl (C=O) groups is 1. The van der Waals surface area contributed by atoms with Crippen LogP contribution in [-0.2, 0) is 10.2 Å². The number of ketones is 1. The molecule has 3 nitrogen and oxygen atoms in total. The Morgan fingerprint density at radius 1 is 1.07 bits per heavy atom. The number of benzene rings is 1. The Morgan fingerprint density at radius 3 is 2.33 bits per heavy atom. The van der Waals surface area contributed by atoms with Crippen molar-refractivity contribution in [3.63, 3.8) is 0 Å². The lowest BCUT2D eigenvalue weighted by molar-refractivity contribution is -0.128. The SMILES string of the molecule is CCCC[C@@H](CC)C(=O)[C@](CCN(C)C)(c1ccccc1)c1ccccn1. The van der Waals surface area contributed by atoms with Gasteiger partial charge in [-0.3, -0.25) is 9.78 Å². The largest absolute Gasteiger partial charge is 0.309 e. The molecule has 0 aliphatic heterocycles. The molecule has 0 N–H and O–H groups in total. The maximum absolute atomic E-state index is 14.1. The van der Waals surface area contributed by atoms with Gasteiger partial charge in [0.25, 0.3) is 0 Å². The van der Waals surface area contributed by atoms with Crippen LogP contribution < -0.4 is 0 Å². The first-order valence-corrected chi connectivity index (χ1v) is 10.2. The first-order valence-electron chi connectivity index (χ1n) is 10.2. The number of nitrogens with zero attached hydrogens (tertiary/aromatic N) is 2. The average Bonchev–Trinajstić information content (AvgIpc) is 2.70. The van der Waals surface area contributed by atoms with Crippen molar-refractivity contribution in [1.29, 1.82) is 0 Å². The molecule has 2 aromatic rings. The van der Waals surface area contributed by atoms with Gasteiger partial charge in [0, 0.05) is 12.1 Å².